The highest BCUT2D eigenvalue weighted by atomic mass is 79.9. The van der Waals surface area contributed by atoms with Crippen LogP contribution in [0.3, 0.4) is 0 Å². The summed E-state index contributed by atoms with van der Waals surface area (Å²) in [5.74, 6) is 1.93. The standard InChI is InChI=1S/C20H28BrN5O2/c1-2-18-24-20(28-25-18)15-10-13(21)11-22-19(15)26-9-8-16(17(27)12-26)23-14-6-4-3-5-7-14/h10-11,14,16-17,23,27H,2-9,12H2,1H3/t16-,17-/m1/s1. The number of aliphatic hydroxyl groups is 1. The van der Waals surface area contributed by atoms with Gasteiger partial charge in [-0.25, -0.2) is 4.98 Å². The van der Waals surface area contributed by atoms with Crippen molar-refractivity contribution in [2.24, 2.45) is 0 Å². The number of β-amino-alcohol motifs (C(OH)–C–C–N with tert-alkyl or cyclic N) is 1. The number of piperidine rings is 1. The number of pyridine rings is 1. The SMILES string of the molecule is CCc1noc(-c2cc(Br)cnc2N2CC[C@@H](NC3CCCCC3)[C@H](O)C2)n1. The number of nitrogens with one attached hydrogen (secondary N) is 1. The second-order valence-corrected chi connectivity index (χ2v) is 8.72. The predicted octanol–water partition coefficient (Wildman–Crippen LogP) is 3.32. The Kier molecular flexibility index (Phi) is 6.28. The molecule has 3 heterocycles. The molecule has 4 rings (SSSR count). The smallest absolute Gasteiger partial charge is 0.261 e. The van der Waals surface area contributed by atoms with Crippen LogP contribution in [0.4, 0.5) is 5.82 Å². The first-order valence-electron chi connectivity index (χ1n) is 10.3. The zero-order valence-electron chi connectivity index (χ0n) is 16.3. The minimum atomic E-state index is -0.428. The van der Waals surface area contributed by atoms with Gasteiger partial charge < -0.3 is 19.8 Å². The number of halogens is 1. The van der Waals surface area contributed by atoms with Gasteiger partial charge >= 0.3 is 0 Å². The molecule has 0 aromatic carbocycles. The molecular weight excluding hydrogens is 422 g/mol. The van der Waals surface area contributed by atoms with Crippen molar-refractivity contribution in [3.63, 3.8) is 0 Å². The van der Waals surface area contributed by atoms with E-state index in [-0.39, 0.29) is 6.04 Å². The summed E-state index contributed by atoms with van der Waals surface area (Å²) < 4.78 is 6.31. The fraction of sp³-hybridized carbons (Fsp3) is 0.650. The van der Waals surface area contributed by atoms with Crippen molar-refractivity contribution in [3.05, 3.63) is 22.6 Å². The molecule has 0 radical (unpaired) electrons. The molecule has 0 unspecified atom stereocenters. The average molecular weight is 450 g/mol. The van der Waals surface area contributed by atoms with E-state index in [0.717, 1.165) is 35.2 Å². The number of aliphatic hydroxyl groups excluding tert-OH is 1. The Hall–Kier alpha value is -1.51. The van der Waals surface area contributed by atoms with Gasteiger partial charge in [0.15, 0.2) is 5.82 Å². The number of anilines is 1. The fourth-order valence-electron chi connectivity index (χ4n) is 4.24. The maximum atomic E-state index is 10.8. The Labute approximate surface area is 174 Å². The monoisotopic (exact) mass is 449 g/mol. The first kappa shape index (κ1) is 19.8. The molecule has 1 saturated carbocycles. The van der Waals surface area contributed by atoms with E-state index in [0.29, 0.717) is 24.3 Å². The molecule has 2 aromatic rings. The molecule has 2 N–H and O–H groups in total. The average Bonchev–Trinajstić information content (AvgIpc) is 3.19. The molecule has 1 aliphatic carbocycles. The van der Waals surface area contributed by atoms with E-state index in [9.17, 15) is 5.11 Å². The van der Waals surface area contributed by atoms with E-state index in [4.69, 9.17) is 4.52 Å². The molecule has 1 saturated heterocycles. The third-order valence-corrected chi connectivity index (χ3v) is 6.22. The van der Waals surface area contributed by atoms with Gasteiger partial charge in [-0.3, -0.25) is 0 Å². The van der Waals surface area contributed by atoms with Crippen LogP contribution < -0.4 is 10.2 Å². The number of hydrogen-bond acceptors (Lipinski definition) is 7. The van der Waals surface area contributed by atoms with Crippen molar-refractivity contribution in [3.8, 4) is 11.5 Å². The lowest BCUT2D eigenvalue weighted by Gasteiger charge is -2.39. The van der Waals surface area contributed by atoms with Crippen LogP contribution in [0.1, 0.15) is 51.3 Å². The van der Waals surface area contributed by atoms with E-state index < -0.39 is 6.10 Å². The van der Waals surface area contributed by atoms with Gasteiger partial charge in [-0.15, -0.1) is 0 Å². The topological polar surface area (TPSA) is 87.3 Å². The van der Waals surface area contributed by atoms with E-state index in [1.165, 1.54) is 32.1 Å². The second kappa shape index (κ2) is 8.88. The third kappa shape index (κ3) is 4.39. The molecule has 7 nitrogen and oxygen atoms in total. The quantitative estimate of drug-likeness (QED) is 0.723. The third-order valence-electron chi connectivity index (χ3n) is 5.78. The first-order valence-corrected chi connectivity index (χ1v) is 11.1. The number of rotatable bonds is 5. The molecule has 0 spiro atoms. The lowest BCUT2D eigenvalue weighted by molar-refractivity contribution is 0.103. The highest BCUT2D eigenvalue weighted by Gasteiger charge is 2.32. The largest absolute Gasteiger partial charge is 0.390 e. The van der Waals surface area contributed by atoms with E-state index in [2.05, 4.69) is 41.3 Å². The number of nitrogens with zero attached hydrogens (tertiary/aromatic N) is 4. The molecule has 2 atom stereocenters. The van der Waals surface area contributed by atoms with Crippen molar-refractivity contribution in [2.75, 3.05) is 18.0 Å². The van der Waals surface area contributed by atoms with Crippen molar-refractivity contribution in [1.82, 2.24) is 20.4 Å². The maximum absolute atomic E-state index is 10.8. The zero-order valence-corrected chi connectivity index (χ0v) is 17.9. The predicted molar refractivity (Wildman–Crippen MR) is 111 cm³/mol. The molecular formula is C20H28BrN5O2. The second-order valence-electron chi connectivity index (χ2n) is 7.80. The van der Waals surface area contributed by atoms with Crippen molar-refractivity contribution < 1.29 is 9.63 Å². The van der Waals surface area contributed by atoms with Crippen LogP contribution in [0.5, 0.6) is 0 Å². The summed E-state index contributed by atoms with van der Waals surface area (Å²) in [6.07, 6.45) is 9.33. The Morgan fingerprint density at radius 3 is 2.82 bits per heavy atom. The lowest BCUT2D eigenvalue weighted by Crippen LogP contribution is -2.55. The molecule has 8 heteroatoms. The molecule has 0 amide bonds. The molecule has 28 heavy (non-hydrogen) atoms. The normalized spacial score (nSPS) is 23.9. The summed E-state index contributed by atoms with van der Waals surface area (Å²) >= 11 is 3.49. The summed E-state index contributed by atoms with van der Waals surface area (Å²) in [6.45, 7) is 3.37. The Morgan fingerprint density at radius 2 is 2.11 bits per heavy atom. The first-order chi connectivity index (χ1) is 13.6. The minimum Gasteiger partial charge on any atom is -0.390 e. The van der Waals surface area contributed by atoms with Gasteiger partial charge in [0, 0.05) is 42.3 Å². The van der Waals surface area contributed by atoms with Crippen molar-refractivity contribution >= 4 is 21.7 Å². The van der Waals surface area contributed by atoms with Crippen LogP contribution >= 0.6 is 15.9 Å². The highest BCUT2D eigenvalue weighted by Crippen LogP contribution is 2.32. The van der Waals surface area contributed by atoms with Crippen LogP contribution in [0, 0.1) is 0 Å². The van der Waals surface area contributed by atoms with E-state index in [1.54, 1.807) is 6.20 Å². The number of hydrogen-bond donors (Lipinski definition) is 2. The molecule has 1 aliphatic heterocycles. The summed E-state index contributed by atoms with van der Waals surface area (Å²) in [5.41, 5.74) is 0.799. The zero-order chi connectivity index (χ0) is 19.5. The lowest BCUT2D eigenvalue weighted by atomic mass is 9.92. The van der Waals surface area contributed by atoms with E-state index in [1.807, 2.05) is 13.0 Å². The van der Waals surface area contributed by atoms with Gasteiger partial charge in [0.1, 0.15) is 5.82 Å². The molecule has 152 valence electrons. The molecule has 2 aromatic heterocycles. The summed E-state index contributed by atoms with van der Waals surface area (Å²) in [4.78, 5) is 11.2. The summed E-state index contributed by atoms with van der Waals surface area (Å²) in [5, 5.41) is 18.5. The highest BCUT2D eigenvalue weighted by molar-refractivity contribution is 9.10. The van der Waals surface area contributed by atoms with Gasteiger partial charge in [0.25, 0.3) is 5.89 Å². The van der Waals surface area contributed by atoms with Crippen LogP contribution in [0.25, 0.3) is 11.5 Å². The molecule has 2 aliphatic rings. The van der Waals surface area contributed by atoms with Gasteiger partial charge in [0.2, 0.25) is 0 Å². The van der Waals surface area contributed by atoms with Crippen molar-refractivity contribution in [2.45, 2.75) is 70.1 Å². The maximum Gasteiger partial charge on any atom is 0.261 e. The summed E-state index contributed by atoms with van der Waals surface area (Å²) in [6, 6.07) is 2.65. The summed E-state index contributed by atoms with van der Waals surface area (Å²) in [7, 11) is 0. The van der Waals surface area contributed by atoms with E-state index >= 15 is 0 Å². The minimum absolute atomic E-state index is 0.147. The Bertz CT molecular complexity index is 793. The van der Waals surface area contributed by atoms with Crippen molar-refractivity contribution in [1.29, 1.82) is 0 Å². The van der Waals surface area contributed by atoms with Crippen LogP contribution in [-0.4, -0.2) is 51.5 Å². The number of aryl methyl sites for hydroxylation is 1. The van der Waals surface area contributed by atoms with Gasteiger partial charge in [-0.05, 0) is 41.3 Å². The number of aromatic nitrogens is 3. The van der Waals surface area contributed by atoms with Gasteiger partial charge in [0.05, 0.1) is 11.7 Å². The van der Waals surface area contributed by atoms with Crippen LogP contribution in [-0.2, 0) is 6.42 Å². The Balaban J connectivity index is 1.49. The van der Waals surface area contributed by atoms with Gasteiger partial charge in [-0.1, -0.05) is 31.3 Å². The van der Waals surface area contributed by atoms with Crippen LogP contribution in [0.15, 0.2) is 21.3 Å². The van der Waals surface area contributed by atoms with Gasteiger partial charge in [-0.2, -0.15) is 4.98 Å². The fourth-order valence-corrected chi connectivity index (χ4v) is 4.57. The molecule has 0 bridgehead atoms. The van der Waals surface area contributed by atoms with Crippen LogP contribution in [0.2, 0.25) is 0 Å². The Morgan fingerprint density at radius 1 is 1.29 bits per heavy atom. The molecule has 2 fully saturated rings.